The lowest BCUT2D eigenvalue weighted by Crippen LogP contribution is -2.31. The van der Waals surface area contributed by atoms with E-state index < -0.39 is 5.92 Å². The van der Waals surface area contributed by atoms with Crippen molar-refractivity contribution < 1.29 is 14.0 Å². The quantitative estimate of drug-likeness (QED) is 0.429. The van der Waals surface area contributed by atoms with E-state index in [-0.39, 0.29) is 17.6 Å². The minimum absolute atomic E-state index is 0.115. The molecule has 1 aliphatic rings. The van der Waals surface area contributed by atoms with Crippen LogP contribution in [-0.2, 0) is 16.1 Å². The second-order valence-corrected chi connectivity index (χ2v) is 8.82. The highest BCUT2D eigenvalue weighted by Gasteiger charge is 2.36. The molecule has 1 aliphatic heterocycles. The summed E-state index contributed by atoms with van der Waals surface area (Å²) in [4.78, 5) is 25.7. The van der Waals surface area contributed by atoms with Crippen molar-refractivity contribution in [1.29, 1.82) is 5.26 Å². The van der Waals surface area contributed by atoms with Crippen molar-refractivity contribution in [3.63, 3.8) is 0 Å². The largest absolute Gasteiger partial charge is 0.468 e. The van der Waals surface area contributed by atoms with Crippen LogP contribution in [0.15, 0.2) is 105 Å². The van der Waals surface area contributed by atoms with Gasteiger partial charge in [-0.15, -0.1) is 0 Å². The van der Waals surface area contributed by atoms with E-state index in [2.05, 4.69) is 22.0 Å². The van der Waals surface area contributed by atoms with Crippen LogP contribution in [0.3, 0.4) is 0 Å². The number of para-hydroxylation sites is 1. The van der Waals surface area contributed by atoms with Crippen LogP contribution in [-0.4, -0.2) is 17.6 Å². The van der Waals surface area contributed by atoms with Gasteiger partial charge in [0.05, 0.1) is 40.2 Å². The highest BCUT2D eigenvalue weighted by atomic mass is 32.2. The molecule has 35 heavy (non-hydrogen) atoms. The topological polar surface area (TPSA) is 107 Å². The summed E-state index contributed by atoms with van der Waals surface area (Å²) in [6, 6.07) is 24.5. The van der Waals surface area contributed by atoms with Gasteiger partial charge in [-0.25, -0.2) is 0 Å². The molecule has 1 atom stereocenters. The van der Waals surface area contributed by atoms with Gasteiger partial charge in [0.15, 0.2) is 0 Å². The Morgan fingerprint density at radius 3 is 2.43 bits per heavy atom. The van der Waals surface area contributed by atoms with Crippen molar-refractivity contribution >= 4 is 29.3 Å². The third kappa shape index (κ3) is 5.83. The number of nitriles is 1. The second-order valence-electron chi connectivity index (χ2n) is 7.84. The van der Waals surface area contributed by atoms with E-state index in [9.17, 15) is 14.9 Å². The number of dihydropyridines is 1. The number of anilines is 1. The molecule has 2 heterocycles. The number of rotatable bonds is 8. The van der Waals surface area contributed by atoms with E-state index >= 15 is 0 Å². The Balaban J connectivity index is 1.53. The first kappa shape index (κ1) is 23.9. The third-order valence-corrected chi connectivity index (χ3v) is 6.45. The smallest absolute Gasteiger partial charge is 0.254 e. The molecule has 0 radical (unpaired) electrons. The zero-order valence-corrected chi connectivity index (χ0v) is 19.9. The molecule has 176 valence electrons. The predicted octanol–water partition coefficient (Wildman–Crippen LogP) is 4.66. The Hall–Kier alpha value is -4.22. The number of carbonyl (C=O) groups excluding carboxylic acids is 2. The fourth-order valence-electron chi connectivity index (χ4n) is 3.77. The molecular formula is C27H24N4O3S. The average molecular weight is 485 g/mol. The number of allylic oxidation sites excluding steroid dienone is 2. The van der Waals surface area contributed by atoms with Crippen LogP contribution >= 0.6 is 11.8 Å². The van der Waals surface area contributed by atoms with Gasteiger partial charge in [0.25, 0.3) is 5.91 Å². The maximum Gasteiger partial charge on any atom is 0.254 e. The van der Waals surface area contributed by atoms with Crippen molar-refractivity contribution in [3.8, 4) is 6.07 Å². The molecule has 0 bridgehead atoms. The number of hydrogen-bond donors (Lipinski definition) is 3. The predicted molar refractivity (Wildman–Crippen MR) is 136 cm³/mol. The van der Waals surface area contributed by atoms with Gasteiger partial charge >= 0.3 is 0 Å². The van der Waals surface area contributed by atoms with E-state index in [1.165, 1.54) is 18.0 Å². The van der Waals surface area contributed by atoms with Crippen LogP contribution in [0.5, 0.6) is 0 Å². The fraction of sp³-hybridized carbons (Fsp3) is 0.148. The molecule has 1 aromatic heterocycles. The van der Waals surface area contributed by atoms with E-state index in [1.807, 2.05) is 48.5 Å². The number of hydrogen-bond acceptors (Lipinski definition) is 6. The van der Waals surface area contributed by atoms with Crippen LogP contribution in [0.2, 0.25) is 0 Å². The number of carbonyl (C=O) groups is 2. The second kappa shape index (κ2) is 11.3. The van der Waals surface area contributed by atoms with Crippen molar-refractivity contribution in [1.82, 2.24) is 10.6 Å². The number of furan rings is 1. The molecular weight excluding hydrogens is 460 g/mol. The molecule has 8 heteroatoms. The molecule has 2 aromatic carbocycles. The highest BCUT2D eigenvalue weighted by Crippen LogP contribution is 2.41. The van der Waals surface area contributed by atoms with Crippen molar-refractivity contribution in [2.24, 2.45) is 0 Å². The minimum atomic E-state index is -0.699. The Morgan fingerprint density at radius 2 is 1.77 bits per heavy atom. The minimum Gasteiger partial charge on any atom is -0.468 e. The van der Waals surface area contributed by atoms with E-state index in [4.69, 9.17) is 4.42 Å². The molecule has 3 aromatic rings. The van der Waals surface area contributed by atoms with E-state index in [1.54, 1.807) is 31.2 Å². The van der Waals surface area contributed by atoms with E-state index in [0.29, 0.717) is 39.9 Å². The van der Waals surface area contributed by atoms with Crippen LogP contribution < -0.4 is 16.0 Å². The van der Waals surface area contributed by atoms with Gasteiger partial charge in [-0.1, -0.05) is 60.3 Å². The number of nitrogens with one attached hydrogen (secondary N) is 3. The first-order valence-corrected chi connectivity index (χ1v) is 12.0. The molecule has 0 unspecified atom stereocenters. The number of amides is 2. The molecule has 0 aliphatic carbocycles. The first-order valence-electron chi connectivity index (χ1n) is 11.0. The lowest BCUT2D eigenvalue weighted by atomic mass is 9.85. The van der Waals surface area contributed by atoms with Gasteiger partial charge in [-0.05, 0) is 36.8 Å². The Bertz CT molecular complexity index is 1290. The van der Waals surface area contributed by atoms with Gasteiger partial charge < -0.3 is 20.4 Å². The summed E-state index contributed by atoms with van der Waals surface area (Å²) >= 11 is 1.22. The van der Waals surface area contributed by atoms with Crippen molar-refractivity contribution in [2.45, 2.75) is 19.4 Å². The monoisotopic (exact) mass is 484 g/mol. The number of thioether (sulfide) groups is 1. The first-order chi connectivity index (χ1) is 17.1. The summed E-state index contributed by atoms with van der Waals surface area (Å²) in [5, 5.41) is 19.5. The number of nitrogens with zero attached hydrogens (tertiary/aromatic N) is 1. The SMILES string of the molecule is CC1=C(C(=O)Nc2ccccc2)[C@@H](c2ccco2)C(C#N)=C(SCC(=O)NCc2ccccc2)N1. The van der Waals surface area contributed by atoms with Crippen LogP contribution in [0.25, 0.3) is 0 Å². The summed E-state index contributed by atoms with van der Waals surface area (Å²) < 4.78 is 5.63. The van der Waals surface area contributed by atoms with Crippen molar-refractivity contribution in [2.75, 3.05) is 11.1 Å². The summed E-state index contributed by atoms with van der Waals surface area (Å²) in [7, 11) is 0. The molecule has 7 nitrogen and oxygen atoms in total. The van der Waals surface area contributed by atoms with Crippen LogP contribution in [0.4, 0.5) is 5.69 Å². The Labute approximate surface area is 207 Å². The summed E-state index contributed by atoms with van der Waals surface area (Å²) in [6.45, 7) is 2.20. The van der Waals surface area contributed by atoms with E-state index in [0.717, 1.165) is 5.56 Å². The fourth-order valence-corrected chi connectivity index (χ4v) is 4.69. The molecule has 0 fully saturated rings. The lowest BCUT2D eigenvalue weighted by Gasteiger charge is -2.28. The molecule has 0 saturated heterocycles. The maximum absolute atomic E-state index is 13.3. The molecule has 3 N–H and O–H groups in total. The Morgan fingerprint density at radius 1 is 1.06 bits per heavy atom. The van der Waals surface area contributed by atoms with Crippen LogP contribution in [0.1, 0.15) is 24.2 Å². The summed E-state index contributed by atoms with van der Waals surface area (Å²) in [6.07, 6.45) is 1.51. The molecule has 0 saturated carbocycles. The maximum atomic E-state index is 13.3. The van der Waals surface area contributed by atoms with Crippen molar-refractivity contribution in [3.05, 3.63) is 112 Å². The third-order valence-electron chi connectivity index (χ3n) is 5.43. The van der Waals surface area contributed by atoms with Gasteiger partial charge in [-0.2, -0.15) is 5.26 Å². The van der Waals surface area contributed by atoms with Crippen LogP contribution in [0, 0.1) is 11.3 Å². The molecule has 4 rings (SSSR count). The molecule has 0 spiro atoms. The zero-order valence-electron chi connectivity index (χ0n) is 19.1. The Kier molecular flexibility index (Phi) is 7.70. The van der Waals surface area contributed by atoms with Gasteiger partial charge in [-0.3, -0.25) is 9.59 Å². The summed E-state index contributed by atoms with van der Waals surface area (Å²) in [5.74, 6) is -0.597. The zero-order chi connectivity index (χ0) is 24.6. The van der Waals surface area contributed by atoms with Gasteiger partial charge in [0.2, 0.25) is 5.91 Å². The normalized spacial score (nSPS) is 15.3. The number of benzene rings is 2. The average Bonchev–Trinajstić information content (AvgIpc) is 3.41. The highest BCUT2D eigenvalue weighted by molar-refractivity contribution is 8.03. The molecule has 2 amide bonds. The van der Waals surface area contributed by atoms with Gasteiger partial charge in [0.1, 0.15) is 5.76 Å². The standard InChI is InChI=1S/C27H24N4O3S/c1-18-24(26(33)31-20-11-6-3-7-12-20)25(22-13-8-14-34-22)21(15-28)27(30-18)35-17-23(32)29-16-19-9-4-2-5-10-19/h2-14,25,30H,16-17H2,1H3,(H,29,32)(H,31,33)/t25-/m1/s1. The van der Waals surface area contributed by atoms with Gasteiger partial charge in [0, 0.05) is 17.9 Å². The lowest BCUT2D eigenvalue weighted by molar-refractivity contribution is -0.118. The summed E-state index contributed by atoms with van der Waals surface area (Å²) in [5.41, 5.74) is 2.95.